The fourth-order valence-electron chi connectivity index (χ4n) is 3.66. The molecule has 1 aliphatic rings. The maximum Gasteiger partial charge on any atom is 0.238 e. The van der Waals surface area contributed by atoms with Gasteiger partial charge < -0.3 is 5.32 Å². The monoisotopic (exact) mass is 379 g/mol. The van der Waals surface area contributed by atoms with Crippen molar-refractivity contribution in [1.29, 1.82) is 0 Å². The van der Waals surface area contributed by atoms with Crippen molar-refractivity contribution in [3.05, 3.63) is 59.1 Å². The summed E-state index contributed by atoms with van der Waals surface area (Å²) >= 11 is 1.75. The summed E-state index contributed by atoms with van der Waals surface area (Å²) in [6.45, 7) is 5.69. The van der Waals surface area contributed by atoms with E-state index < -0.39 is 0 Å². The van der Waals surface area contributed by atoms with Crippen molar-refractivity contribution in [2.45, 2.75) is 38.6 Å². The second-order valence-electron chi connectivity index (χ2n) is 7.47. The lowest BCUT2D eigenvalue weighted by atomic mass is 10.0. The number of likely N-dealkylation sites (tertiary alicyclic amines) is 1. The van der Waals surface area contributed by atoms with Gasteiger partial charge in [0.05, 0.1) is 22.8 Å². The third-order valence-corrected chi connectivity index (χ3v) is 6.30. The first-order valence-electron chi connectivity index (χ1n) is 9.59. The summed E-state index contributed by atoms with van der Waals surface area (Å²) in [5, 5.41) is 4.16. The van der Waals surface area contributed by atoms with Crippen LogP contribution in [0.5, 0.6) is 0 Å². The Morgan fingerprint density at radius 3 is 2.74 bits per heavy atom. The zero-order chi connectivity index (χ0) is 18.8. The van der Waals surface area contributed by atoms with Crippen molar-refractivity contribution in [2.75, 3.05) is 18.4 Å². The standard InChI is InChI=1S/C22H25N3OS/c1-15(2)16-9-11-17(12-10-16)23-21(26)14-25-13-5-7-19(25)22-24-18-6-3-4-8-20(18)27-22/h3-4,6,8-12,15,19H,5,7,13-14H2,1-2H3,(H,23,26)/t19-/m1/s1. The molecule has 140 valence electrons. The molecule has 1 amide bonds. The van der Waals surface area contributed by atoms with Crippen molar-refractivity contribution in [2.24, 2.45) is 0 Å². The van der Waals surface area contributed by atoms with Crippen LogP contribution >= 0.6 is 11.3 Å². The van der Waals surface area contributed by atoms with Crippen molar-refractivity contribution in [3.63, 3.8) is 0 Å². The molecular formula is C22H25N3OS. The number of rotatable bonds is 5. The summed E-state index contributed by atoms with van der Waals surface area (Å²) in [4.78, 5) is 19.6. The van der Waals surface area contributed by atoms with E-state index in [1.165, 1.54) is 10.3 Å². The molecule has 0 unspecified atom stereocenters. The van der Waals surface area contributed by atoms with E-state index in [1.807, 2.05) is 18.2 Å². The molecule has 5 heteroatoms. The molecule has 0 radical (unpaired) electrons. The van der Waals surface area contributed by atoms with E-state index in [-0.39, 0.29) is 11.9 Å². The molecule has 4 rings (SSSR count). The number of anilines is 1. The molecule has 27 heavy (non-hydrogen) atoms. The van der Waals surface area contributed by atoms with Crippen LogP contribution in [0.15, 0.2) is 48.5 Å². The molecule has 0 aliphatic carbocycles. The first-order chi connectivity index (χ1) is 13.1. The van der Waals surface area contributed by atoms with E-state index in [2.05, 4.69) is 54.4 Å². The minimum atomic E-state index is 0.0420. The Morgan fingerprint density at radius 1 is 1.22 bits per heavy atom. The molecule has 3 aromatic rings. The Morgan fingerprint density at radius 2 is 2.00 bits per heavy atom. The highest BCUT2D eigenvalue weighted by Crippen LogP contribution is 2.36. The van der Waals surface area contributed by atoms with Crippen LogP contribution < -0.4 is 5.32 Å². The van der Waals surface area contributed by atoms with E-state index in [1.54, 1.807) is 11.3 Å². The second-order valence-corrected chi connectivity index (χ2v) is 8.54. The Bertz CT molecular complexity index is 899. The summed E-state index contributed by atoms with van der Waals surface area (Å²) < 4.78 is 1.22. The number of para-hydroxylation sites is 1. The Labute approximate surface area is 164 Å². The van der Waals surface area contributed by atoms with Gasteiger partial charge in [0.2, 0.25) is 5.91 Å². The fourth-order valence-corrected chi connectivity index (χ4v) is 4.80. The number of nitrogens with one attached hydrogen (secondary N) is 1. The van der Waals surface area contributed by atoms with Gasteiger partial charge in [-0.1, -0.05) is 38.1 Å². The highest BCUT2D eigenvalue weighted by molar-refractivity contribution is 7.18. The fraction of sp³-hybridized carbons (Fsp3) is 0.364. The van der Waals surface area contributed by atoms with Crippen LogP contribution in [-0.4, -0.2) is 28.9 Å². The van der Waals surface area contributed by atoms with Gasteiger partial charge in [-0.25, -0.2) is 4.98 Å². The van der Waals surface area contributed by atoms with E-state index in [9.17, 15) is 4.79 Å². The summed E-state index contributed by atoms with van der Waals surface area (Å²) in [5.41, 5.74) is 3.20. The molecular weight excluding hydrogens is 354 g/mol. The SMILES string of the molecule is CC(C)c1ccc(NC(=O)CN2CCC[C@@H]2c2nc3ccccc3s2)cc1. The van der Waals surface area contributed by atoms with Crippen LogP contribution in [0, 0.1) is 0 Å². The Kier molecular flexibility index (Phi) is 5.23. The number of hydrogen-bond donors (Lipinski definition) is 1. The van der Waals surface area contributed by atoms with Crippen molar-refractivity contribution in [1.82, 2.24) is 9.88 Å². The van der Waals surface area contributed by atoms with E-state index >= 15 is 0 Å². The largest absolute Gasteiger partial charge is 0.325 e. The van der Waals surface area contributed by atoms with Gasteiger partial charge in [0.15, 0.2) is 0 Å². The number of aromatic nitrogens is 1. The maximum absolute atomic E-state index is 12.6. The van der Waals surface area contributed by atoms with Crippen LogP contribution in [0.4, 0.5) is 5.69 Å². The van der Waals surface area contributed by atoms with Gasteiger partial charge in [0.25, 0.3) is 0 Å². The number of benzene rings is 2. The number of nitrogens with zero attached hydrogens (tertiary/aromatic N) is 2. The lowest BCUT2D eigenvalue weighted by molar-refractivity contribution is -0.117. The van der Waals surface area contributed by atoms with E-state index in [4.69, 9.17) is 4.98 Å². The quantitative estimate of drug-likeness (QED) is 0.663. The first kappa shape index (κ1) is 18.1. The van der Waals surface area contributed by atoms with Gasteiger partial charge in [-0.2, -0.15) is 0 Å². The number of carbonyl (C=O) groups excluding carboxylic acids is 1. The van der Waals surface area contributed by atoms with Gasteiger partial charge in [0.1, 0.15) is 5.01 Å². The average Bonchev–Trinajstić information content (AvgIpc) is 3.28. The third-order valence-electron chi connectivity index (χ3n) is 5.17. The smallest absolute Gasteiger partial charge is 0.238 e. The zero-order valence-corrected chi connectivity index (χ0v) is 16.6. The predicted molar refractivity (Wildman–Crippen MR) is 112 cm³/mol. The van der Waals surface area contributed by atoms with Gasteiger partial charge in [0, 0.05) is 5.69 Å². The molecule has 1 saturated heterocycles. The minimum absolute atomic E-state index is 0.0420. The third kappa shape index (κ3) is 4.04. The molecule has 1 aliphatic heterocycles. The first-order valence-corrected chi connectivity index (χ1v) is 10.4. The molecule has 1 N–H and O–H groups in total. The maximum atomic E-state index is 12.6. The summed E-state index contributed by atoms with van der Waals surface area (Å²) in [6.07, 6.45) is 2.17. The van der Waals surface area contributed by atoms with Crippen molar-refractivity contribution >= 4 is 33.1 Å². The normalized spacial score (nSPS) is 17.7. The number of fused-ring (bicyclic) bond motifs is 1. The summed E-state index contributed by atoms with van der Waals surface area (Å²) in [6, 6.07) is 16.6. The van der Waals surface area contributed by atoms with Crippen molar-refractivity contribution < 1.29 is 4.79 Å². The highest BCUT2D eigenvalue weighted by atomic mass is 32.1. The average molecular weight is 380 g/mol. The molecule has 0 saturated carbocycles. The van der Waals surface area contributed by atoms with E-state index in [0.717, 1.165) is 35.6 Å². The van der Waals surface area contributed by atoms with Gasteiger partial charge >= 0.3 is 0 Å². The second kappa shape index (κ2) is 7.79. The molecule has 1 aromatic heterocycles. The summed E-state index contributed by atoms with van der Waals surface area (Å²) in [7, 11) is 0. The van der Waals surface area contributed by atoms with Gasteiger partial charge in [-0.3, -0.25) is 9.69 Å². The van der Waals surface area contributed by atoms with Gasteiger partial charge in [-0.15, -0.1) is 11.3 Å². The van der Waals surface area contributed by atoms with Crippen LogP contribution in [0.1, 0.15) is 49.2 Å². The number of carbonyl (C=O) groups is 1. The van der Waals surface area contributed by atoms with Gasteiger partial charge in [-0.05, 0) is 55.1 Å². The van der Waals surface area contributed by atoms with Crippen LogP contribution in [-0.2, 0) is 4.79 Å². The topological polar surface area (TPSA) is 45.2 Å². The molecule has 1 fully saturated rings. The molecule has 1 atom stereocenters. The number of hydrogen-bond acceptors (Lipinski definition) is 4. The molecule has 2 aromatic carbocycles. The van der Waals surface area contributed by atoms with Crippen LogP contribution in [0.3, 0.4) is 0 Å². The van der Waals surface area contributed by atoms with E-state index in [0.29, 0.717) is 12.5 Å². The molecule has 0 bridgehead atoms. The predicted octanol–water partition coefficient (Wildman–Crippen LogP) is 5.20. The molecule has 4 nitrogen and oxygen atoms in total. The molecule has 2 heterocycles. The van der Waals surface area contributed by atoms with Crippen LogP contribution in [0.2, 0.25) is 0 Å². The van der Waals surface area contributed by atoms with Crippen LogP contribution in [0.25, 0.3) is 10.2 Å². The Hall–Kier alpha value is -2.24. The Balaban J connectivity index is 1.42. The van der Waals surface area contributed by atoms with Crippen molar-refractivity contribution in [3.8, 4) is 0 Å². The number of amides is 1. The number of thiazole rings is 1. The zero-order valence-electron chi connectivity index (χ0n) is 15.8. The lowest BCUT2D eigenvalue weighted by Gasteiger charge is -2.22. The minimum Gasteiger partial charge on any atom is -0.325 e. The molecule has 0 spiro atoms. The lowest BCUT2D eigenvalue weighted by Crippen LogP contribution is -2.32. The summed E-state index contributed by atoms with van der Waals surface area (Å²) in [5.74, 6) is 0.536. The highest BCUT2D eigenvalue weighted by Gasteiger charge is 2.30.